The summed E-state index contributed by atoms with van der Waals surface area (Å²) in [5.74, 6) is 1.26. The summed E-state index contributed by atoms with van der Waals surface area (Å²) in [6, 6.07) is 7.44. The van der Waals surface area contributed by atoms with Crippen molar-refractivity contribution in [2.75, 3.05) is 5.75 Å². The van der Waals surface area contributed by atoms with Crippen LogP contribution in [0.2, 0.25) is 0 Å². The van der Waals surface area contributed by atoms with Crippen molar-refractivity contribution in [3.8, 4) is 0 Å². The summed E-state index contributed by atoms with van der Waals surface area (Å²) >= 11 is 3.57. The molecule has 0 aliphatic carbocycles. The van der Waals surface area contributed by atoms with Gasteiger partial charge in [-0.15, -0.1) is 11.3 Å². The second kappa shape index (κ2) is 4.89. The minimum Gasteiger partial charge on any atom is -0.478 e. The molecule has 0 unspecified atom stereocenters. The van der Waals surface area contributed by atoms with E-state index in [9.17, 15) is 4.79 Å². The topological polar surface area (TPSA) is 37.3 Å². The lowest BCUT2D eigenvalue weighted by atomic mass is 10.2. The number of carboxylic acid groups (broad SMARTS) is 1. The molecule has 0 saturated heterocycles. The minimum atomic E-state index is -0.861. The van der Waals surface area contributed by atoms with Crippen molar-refractivity contribution in [3.05, 3.63) is 34.7 Å². The Morgan fingerprint density at radius 1 is 1.44 bits per heavy atom. The first kappa shape index (κ1) is 11.5. The Morgan fingerprint density at radius 2 is 2.25 bits per heavy atom. The third kappa shape index (κ3) is 2.39. The Kier molecular flexibility index (Phi) is 3.51. The van der Waals surface area contributed by atoms with Gasteiger partial charge in [-0.2, -0.15) is 11.8 Å². The van der Waals surface area contributed by atoms with Crippen LogP contribution >= 0.6 is 23.1 Å². The maximum atomic E-state index is 10.8. The van der Waals surface area contributed by atoms with Crippen LogP contribution < -0.4 is 0 Å². The van der Waals surface area contributed by atoms with Crippen molar-refractivity contribution < 1.29 is 9.90 Å². The van der Waals surface area contributed by atoms with E-state index in [2.05, 4.69) is 13.0 Å². The van der Waals surface area contributed by atoms with Gasteiger partial charge in [-0.25, -0.2) is 4.79 Å². The van der Waals surface area contributed by atoms with Gasteiger partial charge in [0, 0.05) is 15.3 Å². The van der Waals surface area contributed by atoms with Crippen LogP contribution in [0.5, 0.6) is 0 Å². The Hall–Kier alpha value is -1.000. The van der Waals surface area contributed by atoms with Crippen LogP contribution in [-0.2, 0) is 5.75 Å². The maximum absolute atomic E-state index is 10.8. The van der Waals surface area contributed by atoms with Gasteiger partial charge in [0.25, 0.3) is 0 Å². The Bertz CT molecular complexity index is 517. The van der Waals surface area contributed by atoms with Gasteiger partial charge in [-0.05, 0) is 29.3 Å². The normalized spacial score (nSPS) is 10.8. The third-order valence-electron chi connectivity index (χ3n) is 2.27. The van der Waals surface area contributed by atoms with E-state index in [1.54, 1.807) is 23.5 Å². The van der Waals surface area contributed by atoms with Gasteiger partial charge in [-0.3, -0.25) is 0 Å². The predicted octanol–water partition coefficient (Wildman–Crippen LogP) is 3.85. The summed E-state index contributed by atoms with van der Waals surface area (Å²) < 4.78 is 1.06. The number of thioether (sulfide) groups is 1. The largest absolute Gasteiger partial charge is 0.478 e. The van der Waals surface area contributed by atoms with E-state index >= 15 is 0 Å². The average Bonchev–Trinajstić information content (AvgIpc) is 2.67. The van der Waals surface area contributed by atoms with Crippen molar-refractivity contribution >= 4 is 39.2 Å². The number of rotatable bonds is 4. The first-order valence-corrected chi connectivity index (χ1v) is 7.01. The first-order valence-electron chi connectivity index (χ1n) is 5.04. The summed E-state index contributed by atoms with van der Waals surface area (Å²) in [5.41, 5.74) is 0.365. The molecule has 16 heavy (non-hydrogen) atoms. The summed E-state index contributed by atoms with van der Waals surface area (Å²) in [6.07, 6.45) is 0. The zero-order chi connectivity index (χ0) is 11.5. The summed E-state index contributed by atoms with van der Waals surface area (Å²) in [5, 5.41) is 10.0. The molecule has 1 aromatic heterocycles. The van der Waals surface area contributed by atoms with Crippen LogP contribution in [-0.4, -0.2) is 16.8 Å². The number of hydrogen-bond donors (Lipinski definition) is 1. The standard InChI is InChI=1S/C12H12O2S2/c1-2-15-7-10-5-8-3-4-9(12(13)14)6-11(8)16-10/h3-6H,2,7H2,1H3,(H,13,14). The lowest BCUT2D eigenvalue weighted by Crippen LogP contribution is -1.94. The molecule has 0 aliphatic rings. The molecule has 1 aromatic carbocycles. The molecule has 84 valence electrons. The fourth-order valence-electron chi connectivity index (χ4n) is 1.49. The molecule has 0 amide bonds. The van der Waals surface area contributed by atoms with E-state index in [4.69, 9.17) is 5.11 Å². The van der Waals surface area contributed by atoms with Crippen molar-refractivity contribution in [3.63, 3.8) is 0 Å². The fraction of sp³-hybridized carbons (Fsp3) is 0.250. The third-order valence-corrected chi connectivity index (χ3v) is 4.47. The molecule has 0 bridgehead atoms. The first-order chi connectivity index (χ1) is 7.70. The molecule has 1 heterocycles. The molecule has 2 rings (SSSR count). The lowest BCUT2D eigenvalue weighted by Gasteiger charge is -1.93. The number of hydrogen-bond acceptors (Lipinski definition) is 3. The quantitative estimate of drug-likeness (QED) is 0.898. The SMILES string of the molecule is CCSCc1cc2ccc(C(=O)O)cc2s1. The van der Waals surface area contributed by atoms with Crippen molar-refractivity contribution in [2.45, 2.75) is 12.7 Å². The number of fused-ring (bicyclic) bond motifs is 1. The number of thiophene rings is 1. The van der Waals surface area contributed by atoms with E-state index in [0.717, 1.165) is 21.6 Å². The molecule has 0 aliphatic heterocycles. The molecular formula is C12H12O2S2. The van der Waals surface area contributed by atoms with Gasteiger partial charge >= 0.3 is 5.97 Å². The van der Waals surface area contributed by atoms with Gasteiger partial charge < -0.3 is 5.11 Å². The van der Waals surface area contributed by atoms with Crippen molar-refractivity contribution in [2.24, 2.45) is 0 Å². The molecule has 4 heteroatoms. The van der Waals surface area contributed by atoms with Gasteiger partial charge in [0.05, 0.1) is 5.56 Å². The number of carbonyl (C=O) groups is 1. The molecule has 0 fully saturated rings. The molecule has 0 atom stereocenters. The highest BCUT2D eigenvalue weighted by atomic mass is 32.2. The zero-order valence-electron chi connectivity index (χ0n) is 8.90. The van der Waals surface area contributed by atoms with Crippen LogP contribution in [0, 0.1) is 0 Å². The van der Waals surface area contributed by atoms with E-state index in [0.29, 0.717) is 5.56 Å². The monoisotopic (exact) mass is 252 g/mol. The smallest absolute Gasteiger partial charge is 0.335 e. The Morgan fingerprint density at radius 3 is 2.94 bits per heavy atom. The summed E-state index contributed by atoms with van der Waals surface area (Å²) in [4.78, 5) is 12.1. The highest BCUT2D eigenvalue weighted by Gasteiger charge is 2.06. The molecule has 0 saturated carbocycles. The van der Waals surface area contributed by atoms with E-state index in [1.807, 2.05) is 17.8 Å². The summed E-state index contributed by atoms with van der Waals surface area (Å²) in [6.45, 7) is 2.14. The Balaban J connectivity index is 2.34. The molecule has 0 radical (unpaired) electrons. The van der Waals surface area contributed by atoms with Crippen LogP contribution in [0.1, 0.15) is 22.2 Å². The molecule has 0 spiro atoms. The van der Waals surface area contributed by atoms with Crippen LogP contribution in [0.3, 0.4) is 0 Å². The Labute approximate surface area is 102 Å². The predicted molar refractivity (Wildman–Crippen MR) is 70.6 cm³/mol. The van der Waals surface area contributed by atoms with Crippen LogP contribution in [0.15, 0.2) is 24.3 Å². The van der Waals surface area contributed by atoms with E-state index in [1.165, 1.54) is 4.88 Å². The highest BCUT2D eigenvalue weighted by Crippen LogP contribution is 2.29. The van der Waals surface area contributed by atoms with Gasteiger partial charge in [0.15, 0.2) is 0 Å². The fourth-order valence-corrected chi connectivity index (χ4v) is 3.37. The molecule has 2 aromatic rings. The second-order valence-corrected chi connectivity index (χ2v) is 5.85. The van der Waals surface area contributed by atoms with Crippen molar-refractivity contribution in [1.29, 1.82) is 0 Å². The molecule has 1 N–H and O–H groups in total. The lowest BCUT2D eigenvalue weighted by molar-refractivity contribution is 0.0697. The van der Waals surface area contributed by atoms with Crippen LogP contribution in [0.4, 0.5) is 0 Å². The van der Waals surface area contributed by atoms with E-state index < -0.39 is 5.97 Å². The van der Waals surface area contributed by atoms with Gasteiger partial charge in [0.1, 0.15) is 0 Å². The number of benzene rings is 1. The highest BCUT2D eigenvalue weighted by molar-refractivity contribution is 7.98. The second-order valence-electron chi connectivity index (χ2n) is 3.41. The van der Waals surface area contributed by atoms with E-state index in [-0.39, 0.29) is 0 Å². The van der Waals surface area contributed by atoms with Crippen molar-refractivity contribution in [1.82, 2.24) is 0 Å². The molecular weight excluding hydrogens is 240 g/mol. The minimum absolute atomic E-state index is 0.365. The summed E-state index contributed by atoms with van der Waals surface area (Å²) in [7, 11) is 0. The maximum Gasteiger partial charge on any atom is 0.335 e. The number of carboxylic acids is 1. The van der Waals surface area contributed by atoms with Gasteiger partial charge in [0.2, 0.25) is 0 Å². The number of aromatic carboxylic acids is 1. The zero-order valence-corrected chi connectivity index (χ0v) is 10.5. The molecule has 2 nitrogen and oxygen atoms in total. The van der Waals surface area contributed by atoms with Crippen LogP contribution in [0.25, 0.3) is 10.1 Å². The average molecular weight is 252 g/mol. The van der Waals surface area contributed by atoms with Gasteiger partial charge in [-0.1, -0.05) is 13.0 Å².